The zero-order valence-corrected chi connectivity index (χ0v) is 15.0. The minimum atomic E-state index is -0.208. The Kier molecular flexibility index (Phi) is 7.69. The van der Waals surface area contributed by atoms with Crippen molar-refractivity contribution in [3.05, 3.63) is 11.7 Å². The second-order valence-corrected chi connectivity index (χ2v) is 7.13. The smallest absolute Gasteiger partial charge is 0.306 e. The molecule has 0 amide bonds. The lowest BCUT2D eigenvalue weighted by atomic mass is 9.84. The first-order valence-electron chi connectivity index (χ1n) is 9.30. The van der Waals surface area contributed by atoms with Gasteiger partial charge in [-0.05, 0) is 26.2 Å². The van der Waals surface area contributed by atoms with Crippen molar-refractivity contribution >= 4 is 5.97 Å². The first-order chi connectivity index (χ1) is 11.6. The predicted molar refractivity (Wildman–Crippen MR) is 91.2 cm³/mol. The van der Waals surface area contributed by atoms with E-state index >= 15 is 0 Å². The Morgan fingerprint density at radius 3 is 2.71 bits per heavy atom. The third kappa shape index (κ3) is 6.23. The molecule has 6 nitrogen and oxygen atoms in total. The molecule has 1 atom stereocenters. The van der Waals surface area contributed by atoms with Gasteiger partial charge in [0.2, 0.25) is 5.89 Å². The van der Waals surface area contributed by atoms with Crippen LogP contribution < -0.4 is 5.73 Å². The zero-order valence-electron chi connectivity index (χ0n) is 15.0. The minimum absolute atomic E-state index is 0.0763. The van der Waals surface area contributed by atoms with E-state index in [4.69, 9.17) is 15.0 Å². The summed E-state index contributed by atoms with van der Waals surface area (Å²) in [5.74, 6) is 1.55. The number of nitrogens with zero attached hydrogens (tertiary/aromatic N) is 2. The number of rotatable bonds is 9. The van der Waals surface area contributed by atoms with Crippen LogP contribution in [0.2, 0.25) is 0 Å². The molecule has 0 saturated heterocycles. The predicted octanol–water partition coefficient (Wildman–Crippen LogP) is 3.70. The van der Waals surface area contributed by atoms with Crippen LogP contribution in [0.25, 0.3) is 0 Å². The van der Waals surface area contributed by atoms with E-state index in [9.17, 15) is 4.79 Å². The lowest BCUT2D eigenvalue weighted by Gasteiger charge is -2.22. The van der Waals surface area contributed by atoms with E-state index in [1.165, 1.54) is 38.5 Å². The number of hydrogen-bond donors (Lipinski definition) is 1. The molecule has 1 aliphatic rings. The van der Waals surface area contributed by atoms with Crippen LogP contribution in [0.1, 0.15) is 89.3 Å². The molecule has 2 rings (SSSR count). The van der Waals surface area contributed by atoms with Crippen LogP contribution in [0.5, 0.6) is 0 Å². The summed E-state index contributed by atoms with van der Waals surface area (Å²) >= 11 is 0. The molecular weight excluding hydrogens is 306 g/mol. The number of carbonyl (C=O) groups excluding carboxylic acids is 1. The van der Waals surface area contributed by atoms with Crippen LogP contribution in [0.4, 0.5) is 0 Å². The van der Waals surface area contributed by atoms with E-state index in [0.717, 1.165) is 18.8 Å². The van der Waals surface area contributed by atoms with Gasteiger partial charge in [-0.25, -0.2) is 0 Å². The Labute approximate surface area is 144 Å². The number of ether oxygens (including phenoxy) is 1. The highest BCUT2D eigenvalue weighted by molar-refractivity contribution is 5.70. The second-order valence-electron chi connectivity index (χ2n) is 7.13. The molecule has 0 aromatic carbocycles. The Bertz CT molecular complexity index is 495. The molecule has 1 saturated carbocycles. The van der Waals surface area contributed by atoms with Crippen molar-refractivity contribution in [2.75, 3.05) is 0 Å². The molecule has 1 aliphatic carbocycles. The van der Waals surface area contributed by atoms with Crippen molar-refractivity contribution in [2.24, 2.45) is 11.7 Å². The molecule has 0 unspecified atom stereocenters. The van der Waals surface area contributed by atoms with E-state index in [1.54, 1.807) is 0 Å². The van der Waals surface area contributed by atoms with Gasteiger partial charge >= 0.3 is 5.97 Å². The van der Waals surface area contributed by atoms with Crippen LogP contribution in [0.3, 0.4) is 0 Å². The van der Waals surface area contributed by atoms with Gasteiger partial charge in [-0.1, -0.05) is 50.1 Å². The summed E-state index contributed by atoms with van der Waals surface area (Å²) in [7, 11) is 0. The Morgan fingerprint density at radius 2 is 2.08 bits per heavy atom. The Morgan fingerprint density at radius 1 is 1.33 bits per heavy atom. The SMILES string of the molecule is CC(C)OC(=O)C[C@@H](CCCC1CCCCC1)c1nc(CN)no1. The van der Waals surface area contributed by atoms with Crippen LogP contribution in [-0.4, -0.2) is 22.2 Å². The fourth-order valence-electron chi connectivity index (χ4n) is 3.47. The molecule has 1 aromatic rings. The third-order valence-corrected chi connectivity index (χ3v) is 4.69. The molecular formula is C18H31N3O3. The summed E-state index contributed by atoms with van der Waals surface area (Å²) in [5.41, 5.74) is 5.55. The lowest BCUT2D eigenvalue weighted by molar-refractivity contribution is -0.148. The Hall–Kier alpha value is -1.43. The summed E-state index contributed by atoms with van der Waals surface area (Å²) in [4.78, 5) is 16.4. The van der Waals surface area contributed by atoms with E-state index in [2.05, 4.69) is 10.1 Å². The van der Waals surface area contributed by atoms with Crippen molar-refractivity contribution in [3.63, 3.8) is 0 Å². The van der Waals surface area contributed by atoms with Gasteiger partial charge in [0, 0.05) is 5.92 Å². The maximum atomic E-state index is 12.0. The molecule has 0 aliphatic heterocycles. The number of aromatic nitrogens is 2. The van der Waals surface area contributed by atoms with Crippen LogP contribution in [0, 0.1) is 5.92 Å². The molecule has 1 heterocycles. The van der Waals surface area contributed by atoms with Crippen molar-refractivity contribution in [3.8, 4) is 0 Å². The first-order valence-corrected chi connectivity index (χ1v) is 9.30. The summed E-state index contributed by atoms with van der Waals surface area (Å²) in [6.07, 6.45) is 10.1. The molecule has 0 bridgehead atoms. The van der Waals surface area contributed by atoms with E-state index in [-0.39, 0.29) is 31.0 Å². The fourth-order valence-corrected chi connectivity index (χ4v) is 3.47. The average molecular weight is 337 g/mol. The van der Waals surface area contributed by atoms with Crippen LogP contribution in [0.15, 0.2) is 4.52 Å². The van der Waals surface area contributed by atoms with Gasteiger partial charge in [0.25, 0.3) is 0 Å². The van der Waals surface area contributed by atoms with E-state index in [1.807, 2.05) is 13.8 Å². The lowest BCUT2D eigenvalue weighted by Crippen LogP contribution is -2.16. The van der Waals surface area contributed by atoms with Crippen LogP contribution in [-0.2, 0) is 16.1 Å². The molecule has 136 valence electrons. The van der Waals surface area contributed by atoms with E-state index < -0.39 is 0 Å². The zero-order chi connectivity index (χ0) is 17.4. The number of esters is 1. The summed E-state index contributed by atoms with van der Waals surface area (Å²) < 4.78 is 10.6. The summed E-state index contributed by atoms with van der Waals surface area (Å²) in [6.45, 7) is 3.96. The van der Waals surface area contributed by atoms with Gasteiger partial charge in [-0.15, -0.1) is 0 Å². The van der Waals surface area contributed by atoms with E-state index in [0.29, 0.717) is 11.7 Å². The highest BCUT2D eigenvalue weighted by Gasteiger charge is 2.24. The molecule has 24 heavy (non-hydrogen) atoms. The third-order valence-electron chi connectivity index (χ3n) is 4.69. The van der Waals surface area contributed by atoms with Gasteiger partial charge in [0.15, 0.2) is 5.82 Å². The Balaban J connectivity index is 1.89. The van der Waals surface area contributed by atoms with Gasteiger partial charge in [0.1, 0.15) is 0 Å². The quantitative estimate of drug-likeness (QED) is 0.691. The van der Waals surface area contributed by atoms with Crippen molar-refractivity contribution in [1.29, 1.82) is 0 Å². The van der Waals surface area contributed by atoms with Crippen molar-refractivity contribution in [2.45, 2.75) is 90.2 Å². The maximum Gasteiger partial charge on any atom is 0.306 e. The first kappa shape index (κ1) is 18.9. The monoisotopic (exact) mass is 337 g/mol. The van der Waals surface area contributed by atoms with Crippen molar-refractivity contribution < 1.29 is 14.1 Å². The largest absolute Gasteiger partial charge is 0.463 e. The molecule has 1 fully saturated rings. The summed E-state index contributed by atoms with van der Waals surface area (Å²) in [6, 6.07) is 0. The molecule has 6 heteroatoms. The van der Waals surface area contributed by atoms with Gasteiger partial charge < -0.3 is 15.0 Å². The number of nitrogens with two attached hydrogens (primary N) is 1. The highest BCUT2D eigenvalue weighted by Crippen LogP contribution is 2.31. The molecule has 2 N–H and O–H groups in total. The van der Waals surface area contributed by atoms with Crippen molar-refractivity contribution in [1.82, 2.24) is 10.1 Å². The number of hydrogen-bond acceptors (Lipinski definition) is 6. The van der Waals surface area contributed by atoms with Gasteiger partial charge in [-0.3, -0.25) is 4.79 Å². The standard InChI is InChI=1S/C18H31N3O3/c1-13(2)23-17(22)11-15(18-20-16(12-19)21-24-18)10-6-9-14-7-4-3-5-8-14/h13-15H,3-12,19H2,1-2H3/t15-/m1/s1. The highest BCUT2D eigenvalue weighted by atomic mass is 16.5. The topological polar surface area (TPSA) is 91.2 Å². The number of carbonyl (C=O) groups is 1. The van der Waals surface area contributed by atoms with Crippen LogP contribution >= 0.6 is 0 Å². The maximum absolute atomic E-state index is 12.0. The molecule has 0 radical (unpaired) electrons. The normalized spacial score (nSPS) is 17.2. The average Bonchev–Trinajstić information content (AvgIpc) is 3.03. The minimum Gasteiger partial charge on any atom is -0.463 e. The van der Waals surface area contributed by atoms with Gasteiger partial charge in [0.05, 0.1) is 19.1 Å². The molecule has 1 aromatic heterocycles. The molecule has 0 spiro atoms. The second kappa shape index (κ2) is 9.77. The summed E-state index contributed by atoms with van der Waals surface area (Å²) in [5, 5.41) is 3.86. The van der Waals surface area contributed by atoms with Gasteiger partial charge in [-0.2, -0.15) is 4.98 Å². The fraction of sp³-hybridized carbons (Fsp3) is 0.833.